The number of sulfonamides is 1. The van der Waals surface area contributed by atoms with E-state index >= 15 is 0 Å². The quantitative estimate of drug-likeness (QED) is 0.391. The molecule has 0 heterocycles. The average molecular weight is 559 g/mol. The summed E-state index contributed by atoms with van der Waals surface area (Å²) in [5.74, 6) is 0.0177. The molecule has 11 heteroatoms. The summed E-state index contributed by atoms with van der Waals surface area (Å²) >= 11 is 12.6. The SMILES string of the molecule is CCNC(=O)[C@@H](C)N(Cc1c(Cl)cccc1Cl)C(=O)CCCN(c1ccc(OCC)cc1)S(C)(=O)=O. The van der Waals surface area contributed by atoms with E-state index in [1.807, 2.05) is 6.92 Å². The lowest BCUT2D eigenvalue weighted by Gasteiger charge is -2.30. The van der Waals surface area contributed by atoms with Crippen molar-refractivity contribution < 1.29 is 22.7 Å². The summed E-state index contributed by atoms with van der Waals surface area (Å²) in [6, 6.07) is 11.0. The zero-order valence-corrected chi connectivity index (χ0v) is 23.3. The van der Waals surface area contributed by atoms with Crippen LogP contribution >= 0.6 is 23.2 Å². The summed E-state index contributed by atoms with van der Waals surface area (Å²) in [4.78, 5) is 27.2. The number of anilines is 1. The zero-order valence-electron chi connectivity index (χ0n) is 21.0. The summed E-state index contributed by atoms with van der Waals surface area (Å²) in [6.07, 6.45) is 1.39. The van der Waals surface area contributed by atoms with Crippen LogP contribution in [0.2, 0.25) is 10.0 Å². The monoisotopic (exact) mass is 557 g/mol. The maximum Gasteiger partial charge on any atom is 0.242 e. The van der Waals surface area contributed by atoms with Gasteiger partial charge in [-0.3, -0.25) is 13.9 Å². The molecule has 2 aromatic rings. The van der Waals surface area contributed by atoms with Gasteiger partial charge in [-0.2, -0.15) is 0 Å². The van der Waals surface area contributed by atoms with Crippen LogP contribution in [0.3, 0.4) is 0 Å². The van der Waals surface area contributed by atoms with Crippen molar-refractivity contribution >= 4 is 50.7 Å². The molecular formula is C25H33Cl2N3O5S. The molecule has 2 rings (SSSR count). The van der Waals surface area contributed by atoms with Crippen molar-refractivity contribution in [3.8, 4) is 5.75 Å². The van der Waals surface area contributed by atoms with Crippen molar-refractivity contribution in [1.29, 1.82) is 0 Å². The van der Waals surface area contributed by atoms with Crippen molar-refractivity contribution in [2.75, 3.05) is 30.3 Å². The molecule has 2 amide bonds. The van der Waals surface area contributed by atoms with Crippen molar-refractivity contribution in [1.82, 2.24) is 10.2 Å². The highest BCUT2D eigenvalue weighted by Gasteiger charge is 2.27. The first-order chi connectivity index (χ1) is 17.0. The number of halogens is 2. The minimum Gasteiger partial charge on any atom is -0.494 e. The van der Waals surface area contributed by atoms with E-state index in [1.54, 1.807) is 56.3 Å². The smallest absolute Gasteiger partial charge is 0.242 e. The molecule has 1 N–H and O–H groups in total. The van der Waals surface area contributed by atoms with E-state index in [9.17, 15) is 18.0 Å². The van der Waals surface area contributed by atoms with Crippen LogP contribution in [0.25, 0.3) is 0 Å². The van der Waals surface area contributed by atoms with Crippen LogP contribution in [0, 0.1) is 0 Å². The zero-order chi connectivity index (χ0) is 26.9. The van der Waals surface area contributed by atoms with Crippen molar-refractivity contribution in [3.63, 3.8) is 0 Å². The van der Waals surface area contributed by atoms with E-state index in [2.05, 4.69) is 5.32 Å². The molecule has 0 saturated heterocycles. The fourth-order valence-corrected chi connectivity index (χ4v) is 5.12. The molecule has 2 aromatic carbocycles. The fourth-order valence-electron chi connectivity index (χ4n) is 3.64. The highest BCUT2D eigenvalue weighted by Crippen LogP contribution is 2.27. The number of amides is 2. The standard InChI is InChI=1S/C25H33Cl2N3O5S/c1-5-28-25(32)18(3)29(17-21-22(26)9-7-10-23(21)27)24(31)11-8-16-30(36(4,33)34)19-12-14-20(15-13-19)35-6-2/h7,9-10,12-15,18H,5-6,8,11,16-17H2,1-4H3,(H,28,32)/t18-/m1/s1. The van der Waals surface area contributed by atoms with Crippen LogP contribution in [-0.2, 0) is 26.2 Å². The van der Waals surface area contributed by atoms with Crippen LogP contribution in [-0.4, -0.2) is 57.1 Å². The van der Waals surface area contributed by atoms with Gasteiger partial charge in [0, 0.05) is 41.7 Å². The van der Waals surface area contributed by atoms with Gasteiger partial charge in [0.2, 0.25) is 21.8 Å². The second-order valence-electron chi connectivity index (χ2n) is 8.16. The molecule has 1 atom stereocenters. The lowest BCUT2D eigenvalue weighted by molar-refractivity contribution is -0.140. The highest BCUT2D eigenvalue weighted by molar-refractivity contribution is 7.92. The van der Waals surface area contributed by atoms with Gasteiger partial charge >= 0.3 is 0 Å². The topological polar surface area (TPSA) is 96.0 Å². The predicted molar refractivity (Wildman–Crippen MR) is 144 cm³/mol. The van der Waals surface area contributed by atoms with Gasteiger partial charge in [-0.1, -0.05) is 29.3 Å². The largest absolute Gasteiger partial charge is 0.494 e. The summed E-state index contributed by atoms with van der Waals surface area (Å²) in [5, 5.41) is 3.51. The molecule has 0 aromatic heterocycles. The van der Waals surface area contributed by atoms with Gasteiger partial charge < -0.3 is 15.0 Å². The Morgan fingerprint density at radius 2 is 1.67 bits per heavy atom. The van der Waals surface area contributed by atoms with Crippen LogP contribution in [0.5, 0.6) is 5.75 Å². The molecule has 8 nitrogen and oxygen atoms in total. The summed E-state index contributed by atoms with van der Waals surface area (Å²) in [7, 11) is -3.59. The summed E-state index contributed by atoms with van der Waals surface area (Å²) in [5.41, 5.74) is 1.02. The molecule has 0 unspecified atom stereocenters. The van der Waals surface area contributed by atoms with Crippen LogP contribution in [0.15, 0.2) is 42.5 Å². The second kappa shape index (κ2) is 13.7. The van der Waals surface area contributed by atoms with E-state index in [0.29, 0.717) is 40.2 Å². The fraction of sp³-hybridized carbons (Fsp3) is 0.440. The van der Waals surface area contributed by atoms with E-state index in [1.165, 1.54) is 9.21 Å². The maximum absolute atomic E-state index is 13.3. The van der Waals surface area contributed by atoms with Crippen molar-refractivity contribution in [2.45, 2.75) is 46.2 Å². The first-order valence-corrected chi connectivity index (χ1v) is 14.3. The number of carbonyl (C=O) groups is 2. The van der Waals surface area contributed by atoms with Crippen LogP contribution in [0.4, 0.5) is 5.69 Å². The third-order valence-corrected chi connectivity index (χ3v) is 7.40. The molecule has 0 fully saturated rings. The number of nitrogens with zero attached hydrogens (tertiary/aromatic N) is 2. The molecule has 0 bridgehead atoms. The molecule has 0 aliphatic rings. The van der Waals surface area contributed by atoms with Gasteiger partial charge in [0.1, 0.15) is 11.8 Å². The Hall–Kier alpha value is -2.49. The molecule has 198 valence electrons. The number of hydrogen-bond acceptors (Lipinski definition) is 5. The number of likely N-dealkylation sites (N-methyl/N-ethyl adjacent to an activating group) is 1. The molecule has 36 heavy (non-hydrogen) atoms. The minimum atomic E-state index is -3.59. The Morgan fingerprint density at radius 3 is 2.19 bits per heavy atom. The minimum absolute atomic E-state index is 0.0227. The molecule has 0 aliphatic carbocycles. The Balaban J connectivity index is 2.19. The van der Waals surface area contributed by atoms with Crippen LogP contribution < -0.4 is 14.4 Å². The van der Waals surface area contributed by atoms with Gasteiger partial charge in [0.15, 0.2) is 0 Å². The lowest BCUT2D eigenvalue weighted by atomic mass is 10.1. The maximum atomic E-state index is 13.3. The Labute approximate surface area is 223 Å². The number of benzene rings is 2. The van der Waals surface area contributed by atoms with E-state index in [0.717, 1.165) is 6.26 Å². The van der Waals surface area contributed by atoms with Gasteiger partial charge in [-0.15, -0.1) is 0 Å². The Morgan fingerprint density at radius 1 is 1.06 bits per heavy atom. The molecule has 0 radical (unpaired) electrons. The number of rotatable bonds is 13. The van der Waals surface area contributed by atoms with Gasteiger partial charge in [0.25, 0.3) is 0 Å². The third kappa shape index (κ3) is 8.28. The van der Waals surface area contributed by atoms with Gasteiger partial charge in [-0.25, -0.2) is 8.42 Å². The molecule has 0 spiro atoms. The number of hydrogen-bond donors (Lipinski definition) is 1. The molecule has 0 aliphatic heterocycles. The van der Waals surface area contributed by atoms with E-state index < -0.39 is 16.1 Å². The van der Waals surface area contributed by atoms with Crippen LogP contribution in [0.1, 0.15) is 39.2 Å². The van der Waals surface area contributed by atoms with Crippen molar-refractivity contribution in [3.05, 3.63) is 58.1 Å². The lowest BCUT2D eigenvalue weighted by Crippen LogP contribution is -2.47. The predicted octanol–water partition coefficient (Wildman–Crippen LogP) is 4.49. The van der Waals surface area contributed by atoms with Crippen molar-refractivity contribution in [2.24, 2.45) is 0 Å². The first kappa shape index (κ1) is 29.7. The molecule has 0 saturated carbocycles. The normalized spacial score (nSPS) is 12.1. The molecular weight excluding hydrogens is 525 g/mol. The van der Waals surface area contributed by atoms with E-state index in [4.69, 9.17) is 27.9 Å². The second-order valence-corrected chi connectivity index (χ2v) is 10.9. The third-order valence-electron chi connectivity index (χ3n) is 5.50. The summed E-state index contributed by atoms with van der Waals surface area (Å²) in [6.45, 7) is 6.35. The number of nitrogens with one attached hydrogen (secondary N) is 1. The number of carbonyl (C=O) groups excluding carboxylic acids is 2. The summed E-state index contributed by atoms with van der Waals surface area (Å²) < 4.78 is 31.6. The first-order valence-electron chi connectivity index (χ1n) is 11.7. The van der Waals surface area contributed by atoms with Gasteiger partial charge in [0.05, 0.1) is 18.6 Å². The van der Waals surface area contributed by atoms with Gasteiger partial charge in [-0.05, 0) is 63.6 Å². The highest BCUT2D eigenvalue weighted by atomic mass is 35.5. The number of ether oxygens (including phenoxy) is 1. The Bertz CT molecular complexity index is 1120. The average Bonchev–Trinajstić information content (AvgIpc) is 2.81. The Kier molecular flexibility index (Phi) is 11.3. The van der Waals surface area contributed by atoms with E-state index in [-0.39, 0.29) is 37.7 Å².